The molecule has 1 aromatic heterocycles. The van der Waals surface area contributed by atoms with Gasteiger partial charge in [0, 0.05) is 12.1 Å². The molecule has 0 saturated heterocycles. The molecule has 0 bridgehead atoms. The normalized spacial score (nSPS) is 10.1. The number of hydrogen-bond acceptors (Lipinski definition) is 6. The summed E-state index contributed by atoms with van der Waals surface area (Å²) >= 11 is 5.74. The average molecular weight is 267 g/mol. The van der Waals surface area contributed by atoms with E-state index in [9.17, 15) is 10.1 Å². The number of ether oxygens (including phenoxy) is 1. The predicted octanol–water partition coefficient (Wildman–Crippen LogP) is 2.41. The summed E-state index contributed by atoms with van der Waals surface area (Å²) in [6.45, 7) is 0. The van der Waals surface area contributed by atoms with Crippen LogP contribution < -0.4 is 10.5 Å². The van der Waals surface area contributed by atoms with Gasteiger partial charge in [-0.2, -0.15) is 4.98 Å². The van der Waals surface area contributed by atoms with Crippen LogP contribution in [0, 0.1) is 10.1 Å². The Hall–Kier alpha value is -2.41. The third-order valence-corrected chi connectivity index (χ3v) is 2.27. The van der Waals surface area contributed by atoms with Crippen molar-refractivity contribution in [3.8, 4) is 11.6 Å². The minimum absolute atomic E-state index is 0.0191. The molecule has 2 aromatic rings. The number of anilines is 1. The molecule has 0 radical (unpaired) electrons. The lowest BCUT2D eigenvalue weighted by molar-refractivity contribution is -0.384. The Morgan fingerprint density at radius 3 is 2.78 bits per heavy atom. The van der Waals surface area contributed by atoms with Crippen molar-refractivity contribution in [2.45, 2.75) is 0 Å². The van der Waals surface area contributed by atoms with Crippen LogP contribution in [0.3, 0.4) is 0 Å². The van der Waals surface area contributed by atoms with Crippen molar-refractivity contribution >= 4 is 23.1 Å². The summed E-state index contributed by atoms with van der Waals surface area (Å²) < 4.78 is 5.31. The fourth-order valence-corrected chi connectivity index (χ4v) is 1.47. The fourth-order valence-electron chi connectivity index (χ4n) is 1.23. The largest absolute Gasteiger partial charge is 0.437 e. The van der Waals surface area contributed by atoms with E-state index in [1.807, 2.05) is 0 Å². The second kappa shape index (κ2) is 4.84. The third kappa shape index (κ3) is 2.64. The molecule has 2 rings (SSSR count). The Morgan fingerprint density at radius 1 is 1.39 bits per heavy atom. The van der Waals surface area contributed by atoms with Gasteiger partial charge in [0.05, 0.1) is 17.3 Å². The Morgan fingerprint density at radius 2 is 2.17 bits per heavy atom. The van der Waals surface area contributed by atoms with Crippen molar-refractivity contribution in [1.82, 2.24) is 9.97 Å². The van der Waals surface area contributed by atoms with E-state index in [4.69, 9.17) is 22.1 Å². The molecule has 0 saturated carbocycles. The van der Waals surface area contributed by atoms with Crippen LogP contribution in [0.15, 0.2) is 30.6 Å². The van der Waals surface area contributed by atoms with Crippen LogP contribution in [0.2, 0.25) is 5.02 Å². The van der Waals surface area contributed by atoms with Crippen LogP contribution in [0.5, 0.6) is 11.6 Å². The maximum absolute atomic E-state index is 10.6. The molecule has 0 aliphatic carbocycles. The van der Waals surface area contributed by atoms with E-state index in [1.165, 1.54) is 30.6 Å². The summed E-state index contributed by atoms with van der Waals surface area (Å²) in [5.41, 5.74) is 5.25. The summed E-state index contributed by atoms with van der Waals surface area (Å²) in [7, 11) is 0. The lowest BCUT2D eigenvalue weighted by Gasteiger charge is -2.04. The molecule has 0 amide bonds. The number of benzene rings is 1. The Balaban J connectivity index is 2.25. The molecule has 1 aromatic carbocycles. The maximum atomic E-state index is 10.6. The number of halogens is 1. The second-order valence-corrected chi connectivity index (χ2v) is 3.66. The molecule has 8 heteroatoms. The summed E-state index contributed by atoms with van der Waals surface area (Å²) in [4.78, 5) is 17.7. The topological polar surface area (TPSA) is 104 Å². The standard InChI is InChI=1S/C10H7ClN4O3/c11-7-3-6(1-2-8(7)15(16)17)18-10-5-13-4-9(12)14-10/h1-5H,(H2,12,14). The van der Waals surface area contributed by atoms with Crippen LogP contribution in [0.4, 0.5) is 11.5 Å². The molecular formula is C10H7ClN4O3. The van der Waals surface area contributed by atoms with Crippen molar-refractivity contribution < 1.29 is 9.66 Å². The first-order chi connectivity index (χ1) is 8.56. The van der Waals surface area contributed by atoms with Gasteiger partial charge in [-0.15, -0.1) is 0 Å². The van der Waals surface area contributed by atoms with Gasteiger partial charge in [0.1, 0.15) is 16.6 Å². The molecule has 18 heavy (non-hydrogen) atoms. The SMILES string of the molecule is Nc1cncc(Oc2ccc([N+](=O)[O-])c(Cl)c2)n1. The number of rotatable bonds is 3. The smallest absolute Gasteiger partial charge is 0.288 e. The first-order valence-corrected chi connectivity index (χ1v) is 5.13. The molecular weight excluding hydrogens is 260 g/mol. The van der Waals surface area contributed by atoms with Crippen molar-refractivity contribution in [3.63, 3.8) is 0 Å². The van der Waals surface area contributed by atoms with Gasteiger partial charge in [-0.3, -0.25) is 15.1 Å². The highest BCUT2D eigenvalue weighted by atomic mass is 35.5. The number of nitrogens with two attached hydrogens (primary N) is 1. The predicted molar refractivity (Wildman–Crippen MR) is 64.6 cm³/mol. The lowest BCUT2D eigenvalue weighted by Crippen LogP contribution is -1.95. The zero-order chi connectivity index (χ0) is 13.1. The van der Waals surface area contributed by atoms with Gasteiger partial charge in [0.25, 0.3) is 5.69 Å². The number of aromatic nitrogens is 2. The van der Waals surface area contributed by atoms with Gasteiger partial charge < -0.3 is 10.5 Å². The monoisotopic (exact) mass is 266 g/mol. The quantitative estimate of drug-likeness (QED) is 0.676. The first-order valence-electron chi connectivity index (χ1n) is 4.75. The van der Waals surface area contributed by atoms with Gasteiger partial charge in [0.15, 0.2) is 0 Å². The van der Waals surface area contributed by atoms with Gasteiger partial charge in [0.2, 0.25) is 5.88 Å². The molecule has 92 valence electrons. The molecule has 0 aliphatic heterocycles. The summed E-state index contributed by atoms with van der Waals surface area (Å²) in [6, 6.07) is 3.98. The highest BCUT2D eigenvalue weighted by Crippen LogP contribution is 2.30. The van der Waals surface area contributed by atoms with E-state index in [2.05, 4.69) is 9.97 Å². The molecule has 7 nitrogen and oxygen atoms in total. The summed E-state index contributed by atoms with van der Waals surface area (Å²) in [6.07, 6.45) is 2.74. The summed E-state index contributed by atoms with van der Waals surface area (Å²) in [5.74, 6) is 0.700. The molecule has 0 fully saturated rings. The fraction of sp³-hybridized carbons (Fsp3) is 0. The molecule has 0 aliphatic rings. The highest BCUT2D eigenvalue weighted by Gasteiger charge is 2.13. The zero-order valence-electron chi connectivity index (χ0n) is 8.91. The Bertz CT molecular complexity index is 605. The average Bonchev–Trinajstić information content (AvgIpc) is 2.28. The van der Waals surface area contributed by atoms with Crippen molar-refractivity contribution in [3.05, 3.63) is 45.7 Å². The molecule has 0 unspecified atom stereocenters. The van der Waals surface area contributed by atoms with Crippen LogP contribution in [0.1, 0.15) is 0 Å². The van der Waals surface area contributed by atoms with Gasteiger partial charge in [-0.05, 0) is 6.07 Å². The van der Waals surface area contributed by atoms with E-state index >= 15 is 0 Å². The number of nitro groups is 1. The van der Waals surface area contributed by atoms with E-state index in [0.29, 0.717) is 5.75 Å². The highest BCUT2D eigenvalue weighted by molar-refractivity contribution is 6.32. The number of nitrogens with zero attached hydrogens (tertiary/aromatic N) is 3. The van der Waals surface area contributed by atoms with Crippen LogP contribution in [-0.2, 0) is 0 Å². The number of hydrogen-bond donors (Lipinski definition) is 1. The Kier molecular flexibility index (Phi) is 3.24. The third-order valence-electron chi connectivity index (χ3n) is 1.97. The van der Waals surface area contributed by atoms with Gasteiger partial charge in [-0.25, -0.2) is 0 Å². The van der Waals surface area contributed by atoms with E-state index in [-0.39, 0.29) is 22.4 Å². The minimum atomic E-state index is -0.577. The first kappa shape index (κ1) is 12.1. The van der Waals surface area contributed by atoms with E-state index in [0.717, 1.165) is 0 Å². The van der Waals surface area contributed by atoms with Crippen LogP contribution >= 0.6 is 11.6 Å². The van der Waals surface area contributed by atoms with Gasteiger partial charge in [-0.1, -0.05) is 11.6 Å². The number of nitrogen functional groups attached to an aromatic ring is 1. The summed E-state index contributed by atoms with van der Waals surface area (Å²) in [5, 5.41) is 10.6. The maximum Gasteiger partial charge on any atom is 0.288 e. The van der Waals surface area contributed by atoms with Crippen LogP contribution in [-0.4, -0.2) is 14.9 Å². The zero-order valence-corrected chi connectivity index (χ0v) is 9.66. The van der Waals surface area contributed by atoms with Gasteiger partial charge >= 0.3 is 0 Å². The molecule has 0 spiro atoms. The van der Waals surface area contributed by atoms with Crippen LogP contribution in [0.25, 0.3) is 0 Å². The van der Waals surface area contributed by atoms with Crippen molar-refractivity contribution in [2.75, 3.05) is 5.73 Å². The van der Waals surface area contributed by atoms with E-state index < -0.39 is 4.92 Å². The Labute approximate surface area is 106 Å². The molecule has 0 atom stereocenters. The minimum Gasteiger partial charge on any atom is -0.437 e. The van der Waals surface area contributed by atoms with E-state index in [1.54, 1.807) is 0 Å². The lowest BCUT2D eigenvalue weighted by atomic mass is 10.3. The second-order valence-electron chi connectivity index (χ2n) is 3.25. The molecule has 1 heterocycles. The number of nitro benzene ring substituents is 1. The molecule has 2 N–H and O–H groups in total. The van der Waals surface area contributed by atoms with Crippen molar-refractivity contribution in [1.29, 1.82) is 0 Å². The van der Waals surface area contributed by atoms with Crippen molar-refractivity contribution in [2.24, 2.45) is 0 Å².